The Labute approximate surface area is 216 Å². The predicted molar refractivity (Wildman–Crippen MR) is 137 cm³/mol. The Balaban J connectivity index is 3.98. The van der Waals surface area contributed by atoms with Crippen molar-refractivity contribution >= 4 is 25.7 Å². The van der Waals surface area contributed by atoms with Gasteiger partial charge in [0.1, 0.15) is 6.61 Å². The van der Waals surface area contributed by atoms with Gasteiger partial charge in [-0.3, -0.25) is 18.9 Å². The number of hydrogen-bond donors (Lipinski definition) is 3. The molecule has 0 aliphatic rings. The SMILES string of the molecule is CCCCCCCC(=O)O[C@H](COC(=O)CCCCCCCCCCCNC(C)=O)COP(=O)(O)O. The summed E-state index contributed by atoms with van der Waals surface area (Å²) < 4.78 is 25.8. The van der Waals surface area contributed by atoms with Gasteiger partial charge in [-0.1, -0.05) is 77.6 Å². The minimum atomic E-state index is -4.74. The van der Waals surface area contributed by atoms with E-state index < -0.39 is 32.5 Å². The number of carbonyl (C=O) groups is 3. The molecule has 0 bridgehead atoms. The molecule has 0 rings (SSSR count). The lowest BCUT2D eigenvalue weighted by Gasteiger charge is -2.18. The van der Waals surface area contributed by atoms with Crippen LogP contribution in [0.15, 0.2) is 0 Å². The van der Waals surface area contributed by atoms with Crippen LogP contribution in [0.3, 0.4) is 0 Å². The van der Waals surface area contributed by atoms with E-state index in [0.717, 1.165) is 83.6 Å². The Hall–Kier alpha value is -1.48. The van der Waals surface area contributed by atoms with Gasteiger partial charge in [-0.2, -0.15) is 0 Å². The van der Waals surface area contributed by atoms with Crippen molar-refractivity contribution in [1.82, 2.24) is 5.32 Å². The van der Waals surface area contributed by atoms with E-state index in [9.17, 15) is 18.9 Å². The fourth-order valence-electron chi connectivity index (χ4n) is 3.57. The van der Waals surface area contributed by atoms with Crippen LogP contribution in [0.2, 0.25) is 0 Å². The molecule has 0 saturated heterocycles. The molecule has 0 unspecified atom stereocenters. The van der Waals surface area contributed by atoms with Gasteiger partial charge in [0.2, 0.25) is 5.91 Å². The number of rotatable bonds is 24. The van der Waals surface area contributed by atoms with Gasteiger partial charge in [0.05, 0.1) is 6.61 Å². The molecule has 3 N–H and O–H groups in total. The number of amides is 1. The summed E-state index contributed by atoms with van der Waals surface area (Å²) in [5.41, 5.74) is 0. The number of ether oxygens (including phenoxy) is 2. The lowest BCUT2D eigenvalue weighted by molar-refractivity contribution is -0.161. The summed E-state index contributed by atoms with van der Waals surface area (Å²) in [5.74, 6) is -0.930. The molecule has 212 valence electrons. The van der Waals surface area contributed by atoms with Crippen molar-refractivity contribution in [2.45, 2.75) is 123 Å². The van der Waals surface area contributed by atoms with Crippen molar-refractivity contribution < 1.29 is 42.7 Å². The molecule has 1 atom stereocenters. The molecule has 0 radical (unpaired) electrons. The van der Waals surface area contributed by atoms with Crippen molar-refractivity contribution in [3.05, 3.63) is 0 Å². The first-order valence-electron chi connectivity index (χ1n) is 13.4. The van der Waals surface area contributed by atoms with E-state index in [1.807, 2.05) is 0 Å². The predicted octanol–water partition coefficient (Wildman–Crippen LogP) is 4.95. The van der Waals surface area contributed by atoms with E-state index in [1.54, 1.807) is 0 Å². The highest BCUT2D eigenvalue weighted by Crippen LogP contribution is 2.35. The fourth-order valence-corrected chi connectivity index (χ4v) is 3.93. The molecule has 0 aromatic heterocycles. The first-order chi connectivity index (χ1) is 17.1. The second kappa shape index (κ2) is 22.7. The third-order valence-electron chi connectivity index (χ3n) is 5.57. The van der Waals surface area contributed by atoms with Crippen molar-refractivity contribution in [2.24, 2.45) is 0 Å². The Morgan fingerprint density at radius 2 is 1.25 bits per heavy atom. The summed E-state index contributed by atoms with van der Waals surface area (Å²) in [4.78, 5) is 52.7. The third kappa shape index (κ3) is 25.6. The van der Waals surface area contributed by atoms with Gasteiger partial charge in [-0.15, -0.1) is 0 Å². The zero-order valence-corrected chi connectivity index (χ0v) is 23.1. The number of phosphoric acid groups is 1. The third-order valence-corrected chi connectivity index (χ3v) is 6.06. The number of phosphoric ester groups is 1. The first kappa shape index (κ1) is 34.5. The molecule has 0 fully saturated rings. The maximum atomic E-state index is 12.0. The summed E-state index contributed by atoms with van der Waals surface area (Å²) in [5, 5.41) is 2.79. The normalized spacial score (nSPS) is 12.2. The van der Waals surface area contributed by atoms with E-state index in [1.165, 1.54) is 6.92 Å². The topological polar surface area (TPSA) is 148 Å². The lowest BCUT2D eigenvalue weighted by atomic mass is 10.1. The quantitative estimate of drug-likeness (QED) is 0.0883. The van der Waals surface area contributed by atoms with Crippen molar-refractivity contribution in [3.63, 3.8) is 0 Å². The Morgan fingerprint density at radius 1 is 0.750 bits per heavy atom. The monoisotopic (exact) mass is 537 g/mol. The molecule has 10 nitrogen and oxygen atoms in total. The average molecular weight is 538 g/mol. The van der Waals surface area contributed by atoms with E-state index in [2.05, 4.69) is 16.8 Å². The lowest BCUT2D eigenvalue weighted by Crippen LogP contribution is -2.29. The Morgan fingerprint density at radius 3 is 1.78 bits per heavy atom. The molecular formula is C25H48NO9P. The van der Waals surface area contributed by atoms with Crippen LogP contribution in [-0.2, 0) is 32.9 Å². The summed E-state index contributed by atoms with van der Waals surface area (Å²) in [6.45, 7) is 3.51. The minimum absolute atomic E-state index is 0.0135. The number of nitrogens with one attached hydrogen (secondary N) is 1. The molecule has 0 aromatic carbocycles. The zero-order valence-electron chi connectivity index (χ0n) is 22.2. The maximum absolute atomic E-state index is 12.0. The number of hydrogen-bond acceptors (Lipinski definition) is 7. The van der Waals surface area contributed by atoms with Gasteiger partial charge < -0.3 is 24.6 Å². The smallest absolute Gasteiger partial charge is 0.462 e. The number of esters is 2. The molecule has 0 spiro atoms. The second-order valence-corrected chi connectivity index (χ2v) is 10.4. The van der Waals surface area contributed by atoms with E-state index >= 15 is 0 Å². The Kier molecular flexibility index (Phi) is 21.8. The highest BCUT2D eigenvalue weighted by molar-refractivity contribution is 7.46. The zero-order chi connectivity index (χ0) is 27.1. The Bertz CT molecular complexity index is 639. The van der Waals surface area contributed by atoms with Gasteiger partial charge in [-0.25, -0.2) is 4.57 Å². The molecule has 0 heterocycles. The summed E-state index contributed by atoms with van der Waals surface area (Å²) in [7, 11) is -4.74. The molecule has 36 heavy (non-hydrogen) atoms. The van der Waals surface area contributed by atoms with Gasteiger partial charge in [0.25, 0.3) is 0 Å². The highest BCUT2D eigenvalue weighted by Gasteiger charge is 2.22. The van der Waals surface area contributed by atoms with Crippen LogP contribution in [-0.4, -0.2) is 53.5 Å². The molecule has 1 amide bonds. The molecule has 0 aromatic rings. The summed E-state index contributed by atoms with van der Waals surface area (Å²) in [6.07, 6.45) is 13.5. The molecule has 0 aliphatic heterocycles. The van der Waals surface area contributed by atoms with Crippen LogP contribution in [0, 0.1) is 0 Å². The first-order valence-corrected chi connectivity index (χ1v) is 15.0. The fraction of sp³-hybridized carbons (Fsp3) is 0.880. The van der Waals surface area contributed by atoms with Crippen molar-refractivity contribution in [2.75, 3.05) is 19.8 Å². The molecular weight excluding hydrogens is 489 g/mol. The van der Waals surface area contributed by atoms with E-state index in [0.29, 0.717) is 12.8 Å². The minimum Gasteiger partial charge on any atom is -0.462 e. The van der Waals surface area contributed by atoms with E-state index in [-0.39, 0.29) is 25.4 Å². The van der Waals surface area contributed by atoms with E-state index in [4.69, 9.17) is 19.3 Å². The standard InChI is InChI=1S/C25H48NO9P/c1-3-4-5-11-15-18-25(29)35-23(21-34-36(30,31)32)20-33-24(28)17-14-12-9-7-6-8-10-13-16-19-26-22(2)27/h23H,3-21H2,1-2H3,(H,26,27)(H2,30,31,32)/t23-/m1/s1. The number of carbonyl (C=O) groups excluding carboxylic acids is 3. The van der Waals surface area contributed by atoms with Crippen LogP contribution >= 0.6 is 7.82 Å². The van der Waals surface area contributed by atoms with Gasteiger partial charge in [0.15, 0.2) is 6.10 Å². The molecule has 0 saturated carbocycles. The van der Waals surface area contributed by atoms with Gasteiger partial charge >= 0.3 is 19.8 Å². The van der Waals surface area contributed by atoms with Gasteiger partial charge in [-0.05, 0) is 19.3 Å². The van der Waals surface area contributed by atoms with Gasteiger partial charge in [0, 0.05) is 26.3 Å². The summed E-state index contributed by atoms with van der Waals surface area (Å²) in [6, 6.07) is 0. The van der Waals surface area contributed by atoms with Crippen LogP contribution in [0.1, 0.15) is 117 Å². The maximum Gasteiger partial charge on any atom is 0.469 e. The molecule has 0 aliphatic carbocycles. The van der Waals surface area contributed by atoms with Crippen LogP contribution in [0.4, 0.5) is 0 Å². The molecule has 11 heteroatoms. The average Bonchev–Trinajstić information content (AvgIpc) is 2.80. The van der Waals surface area contributed by atoms with Crippen LogP contribution in [0.25, 0.3) is 0 Å². The second-order valence-electron chi connectivity index (χ2n) is 9.16. The van der Waals surface area contributed by atoms with Crippen LogP contribution in [0.5, 0.6) is 0 Å². The van der Waals surface area contributed by atoms with Crippen molar-refractivity contribution in [1.29, 1.82) is 0 Å². The van der Waals surface area contributed by atoms with Crippen molar-refractivity contribution in [3.8, 4) is 0 Å². The largest absolute Gasteiger partial charge is 0.469 e. The van der Waals surface area contributed by atoms with Crippen LogP contribution < -0.4 is 5.32 Å². The summed E-state index contributed by atoms with van der Waals surface area (Å²) >= 11 is 0. The highest BCUT2D eigenvalue weighted by atomic mass is 31.2. The number of unbranched alkanes of at least 4 members (excludes halogenated alkanes) is 12.